The second-order valence-corrected chi connectivity index (χ2v) is 6.30. The van der Waals surface area contributed by atoms with Gasteiger partial charge in [-0.2, -0.15) is 5.10 Å². The summed E-state index contributed by atoms with van der Waals surface area (Å²) in [4.78, 5) is -0.0468. The summed E-state index contributed by atoms with van der Waals surface area (Å²) in [6, 6.07) is 0. The molecule has 0 saturated heterocycles. The van der Waals surface area contributed by atoms with Gasteiger partial charge < -0.3 is 0 Å². The molecule has 0 radical (unpaired) electrons. The second-order valence-electron chi connectivity index (χ2n) is 3.43. The van der Waals surface area contributed by atoms with Gasteiger partial charge in [0, 0.05) is 17.2 Å². The van der Waals surface area contributed by atoms with Crippen LogP contribution < -0.4 is 0 Å². The number of nitrogens with zero attached hydrogens (tertiary/aromatic N) is 2. The van der Waals surface area contributed by atoms with Gasteiger partial charge in [0.15, 0.2) is 0 Å². The van der Waals surface area contributed by atoms with Gasteiger partial charge in [-0.15, -0.1) is 0 Å². The fraction of sp³-hybridized carbons (Fsp3) is 0.667. The maximum Gasteiger partial charge on any atom is 0.266 e. The van der Waals surface area contributed by atoms with E-state index < -0.39 is 9.05 Å². The predicted molar refractivity (Wildman–Crippen MR) is 64.6 cm³/mol. The van der Waals surface area contributed by atoms with E-state index in [1.807, 2.05) is 13.8 Å². The van der Waals surface area contributed by atoms with Crippen LogP contribution in [0.25, 0.3) is 0 Å². The summed E-state index contributed by atoms with van der Waals surface area (Å²) in [6.07, 6.45) is 2.37. The molecule has 1 aromatic rings. The van der Waals surface area contributed by atoms with Crippen molar-refractivity contribution < 1.29 is 8.42 Å². The van der Waals surface area contributed by atoms with E-state index in [0.717, 1.165) is 12.8 Å². The average Bonchev–Trinajstić information content (AvgIpc) is 2.51. The number of aryl methyl sites for hydroxylation is 2. The molecule has 16 heavy (non-hydrogen) atoms. The molecule has 4 nitrogen and oxygen atoms in total. The van der Waals surface area contributed by atoms with Gasteiger partial charge in [0.2, 0.25) is 0 Å². The Morgan fingerprint density at radius 2 is 2.00 bits per heavy atom. The van der Waals surface area contributed by atoms with E-state index in [2.05, 4.69) is 5.10 Å². The molecule has 0 N–H and O–H groups in total. The molecule has 0 saturated carbocycles. The molecule has 92 valence electrons. The van der Waals surface area contributed by atoms with Crippen molar-refractivity contribution in [1.29, 1.82) is 0 Å². The molecule has 0 aliphatic heterocycles. The van der Waals surface area contributed by atoms with E-state index in [4.69, 9.17) is 22.3 Å². The minimum Gasteiger partial charge on any atom is -0.252 e. The van der Waals surface area contributed by atoms with Gasteiger partial charge in [-0.3, -0.25) is 4.68 Å². The third-order valence-electron chi connectivity index (χ3n) is 2.22. The number of halogens is 2. The zero-order chi connectivity index (χ0) is 12.3. The summed E-state index contributed by atoms with van der Waals surface area (Å²) >= 11 is 5.97. The Bertz CT molecular complexity index is 468. The molecule has 0 atom stereocenters. The van der Waals surface area contributed by atoms with Crippen LogP contribution in [0.5, 0.6) is 0 Å². The SMILES string of the molecule is CCCCn1nc(CC)c(S(=O)(=O)Cl)c1Cl. The Morgan fingerprint density at radius 1 is 1.38 bits per heavy atom. The minimum absolute atomic E-state index is 0.0468. The highest BCUT2D eigenvalue weighted by Crippen LogP contribution is 2.28. The van der Waals surface area contributed by atoms with Crippen LogP contribution in [0.1, 0.15) is 32.4 Å². The zero-order valence-electron chi connectivity index (χ0n) is 9.20. The average molecular weight is 285 g/mol. The monoisotopic (exact) mass is 284 g/mol. The second kappa shape index (κ2) is 5.38. The van der Waals surface area contributed by atoms with Gasteiger partial charge in [0.25, 0.3) is 9.05 Å². The lowest BCUT2D eigenvalue weighted by Gasteiger charge is -2.00. The fourth-order valence-electron chi connectivity index (χ4n) is 1.40. The first-order valence-electron chi connectivity index (χ1n) is 5.11. The summed E-state index contributed by atoms with van der Waals surface area (Å²) in [5.41, 5.74) is 0.427. The van der Waals surface area contributed by atoms with Crippen molar-refractivity contribution in [3.05, 3.63) is 10.8 Å². The van der Waals surface area contributed by atoms with E-state index in [-0.39, 0.29) is 10.0 Å². The number of hydrogen-bond donors (Lipinski definition) is 0. The lowest BCUT2D eigenvalue weighted by atomic mass is 10.3. The maximum atomic E-state index is 11.3. The van der Waals surface area contributed by atoms with Gasteiger partial charge in [-0.1, -0.05) is 31.9 Å². The molecule has 0 unspecified atom stereocenters. The van der Waals surface area contributed by atoms with Gasteiger partial charge in [-0.05, 0) is 12.8 Å². The van der Waals surface area contributed by atoms with E-state index in [0.29, 0.717) is 18.7 Å². The van der Waals surface area contributed by atoms with Crippen LogP contribution in [0.2, 0.25) is 5.15 Å². The van der Waals surface area contributed by atoms with E-state index in [1.165, 1.54) is 4.68 Å². The van der Waals surface area contributed by atoms with Crippen LogP contribution in [0.15, 0.2) is 4.90 Å². The zero-order valence-corrected chi connectivity index (χ0v) is 11.5. The molecular weight excluding hydrogens is 271 g/mol. The van der Waals surface area contributed by atoms with Crippen molar-refractivity contribution in [2.45, 2.75) is 44.6 Å². The van der Waals surface area contributed by atoms with Crippen molar-refractivity contribution in [2.24, 2.45) is 0 Å². The van der Waals surface area contributed by atoms with Crippen LogP contribution in [-0.4, -0.2) is 18.2 Å². The summed E-state index contributed by atoms with van der Waals surface area (Å²) in [6.45, 7) is 4.46. The van der Waals surface area contributed by atoms with Crippen LogP contribution in [0.4, 0.5) is 0 Å². The number of rotatable bonds is 5. The highest BCUT2D eigenvalue weighted by Gasteiger charge is 2.25. The highest BCUT2D eigenvalue weighted by molar-refractivity contribution is 8.13. The molecule has 1 aromatic heterocycles. The Kier molecular flexibility index (Phi) is 4.64. The maximum absolute atomic E-state index is 11.3. The third kappa shape index (κ3) is 2.90. The molecule has 7 heteroatoms. The number of hydrogen-bond acceptors (Lipinski definition) is 3. The standard InChI is InChI=1S/C9H14Cl2N2O2S/c1-3-5-6-13-9(10)8(16(11,14)15)7(4-2)12-13/h3-6H2,1-2H3. The Hall–Kier alpha value is -0.260. The minimum atomic E-state index is -3.82. The van der Waals surface area contributed by atoms with Gasteiger partial charge in [0.1, 0.15) is 10.0 Å². The van der Waals surface area contributed by atoms with Gasteiger partial charge in [0.05, 0.1) is 5.69 Å². The molecule has 0 amide bonds. The quantitative estimate of drug-likeness (QED) is 0.782. The first-order chi connectivity index (χ1) is 7.41. The van der Waals surface area contributed by atoms with Crippen molar-refractivity contribution in [3.63, 3.8) is 0 Å². The Morgan fingerprint density at radius 3 is 2.38 bits per heavy atom. The first kappa shape index (κ1) is 13.8. The normalized spacial score (nSPS) is 12.0. The molecule has 0 aromatic carbocycles. The van der Waals surface area contributed by atoms with Crippen molar-refractivity contribution >= 4 is 31.3 Å². The first-order valence-corrected chi connectivity index (χ1v) is 7.80. The van der Waals surface area contributed by atoms with Crippen molar-refractivity contribution in [3.8, 4) is 0 Å². The molecule has 0 aliphatic rings. The third-order valence-corrected chi connectivity index (χ3v) is 4.10. The predicted octanol–water partition coefficient (Wildman–Crippen LogP) is 2.83. The lowest BCUT2D eigenvalue weighted by Crippen LogP contribution is -2.00. The smallest absolute Gasteiger partial charge is 0.252 e. The number of aromatic nitrogens is 2. The largest absolute Gasteiger partial charge is 0.266 e. The molecule has 1 rings (SSSR count). The summed E-state index contributed by atoms with van der Waals surface area (Å²) in [5, 5.41) is 4.26. The van der Waals surface area contributed by atoms with Crippen molar-refractivity contribution in [2.75, 3.05) is 0 Å². The van der Waals surface area contributed by atoms with Gasteiger partial charge >= 0.3 is 0 Å². The number of unbranched alkanes of at least 4 members (excludes halogenated alkanes) is 1. The Labute approximate surface area is 105 Å². The molecule has 0 fully saturated rings. The van der Waals surface area contributed by atoms with Gasteiger partial charge in [-0.25, -0.2) is 8.42 Å². The lowest BCUT2D eigenvalue weighted by molar-refractivity contribution is 0.566. The fourth-order valence-corrected chi connectivity index (χ4v) is 3.31. The molecule has 0 aliphatic carbocycles. The summed E-state index contributed by atoms with van der Waals surface area (Å²) in [5.74, 6) is 0. The van der Waals surface area contributed by atoms with Crippen LogP contribution in [0, 0.1) is 0 Å². The molecule has 1 heterocycles. The van der Waals surface area contributed by atoms with E-state index in [1.54, 1.807) is 0 Å². The molecular formula is C9H14Cl2N2O2S. The van der Waals surface area contributed by atoms with Crippen molar-refractivity contribution in [1.82, 2.24) is 9.78 Å². The van der Waals surface area contributed by atoms with Crippen LogP contribution >= 0.6 is 22.3 Å². The van der Waals surface area contributed by atoms with Crippen LogP contribution in [-0.2, 0) is 22.0 Å². The van der Waals surface area contributed by atoms with E-state index in [9.17, 15) is 8.42 Å². The molecule has 0 bridgehead atoms. The highest BCUT2D eigenvalue weighted by atomic mass is 35.7. The Balaban J connectivity index is 3.22. The summed E-state index contributed by atoms with van der Waals surface area (Å²) in [7, 11) is 1.51. The molecule has 0 spiro atoms. The van der Waals surface area contributed by atoms with Crippen LogP contribution in [0.3, 0.4) is 0 Å². The summed E-state index contributed by atoms with van der Waals surface area (Å²) < 4.78 is 24.2. The van der Waals surface area contributed by atoms with E-state index >= 15 is 0 Å². The topological polar surface area (TPSA) is 52.0 Å².